The molecule has 3 nitrogen and oxygen atoms in total. The van der Waals surface area contributed by atoms with Gasteiger partial charge in [0.2, 0.25) is 0 Å². The fourth-order valence-corrected chi connectivity index (χ4v) is 1.57. The second kappa shape index (κ2) is 5.82. The molecule has 2 N–H and O–H groups in total. The second-order valence-corrected chi connectivity index (χ2v) is 3.66. The lowest BCUT2D eigenvalue weighted by molar-refractivity contribution is 0.0108. The minimum Gasteiger partial charge on any atom is -0.494 e. The molecule has 0 amide bonds. The van der Waals surface area contributed by atoms with Gasteiger partial charge in [0.1, 0.15) is 6.10 Å². The van der Waals surface area contributed by atoms with Crippen molar-refractivity contribution in [3.8, 4) is 5.75 Å². The summed E-state index contributed by atoms with van der Waals surface area (Å²) in [6, 6.07) is 4.50. The Balaban J connectivity index is 2.94. The van der Waals surface area contributed by atoms with E-state index in [-0.39, 0.29) is 11.3 Å². The summed E-state index contributed by atoms with van der Waals surface area (Å²) in [5.41, 5.74) is 0.0697. The van der Waals surface area contributed by atoms with Crippen molar-refractivity contribution in [1.82, 2.24) is 0 Å². The average molecular weight is 228 g/mol. The van der Waals surface area contributed by atoms with Crippen LogP contribution in [-0.4, -0.2) is 23.4 Å². The minimum atomic E-state index is -1.21. The summed E-state index contributed by atoms with van der Waals surface area (Å²) in [5, 5.41) is 19.4. The van der Waals surface area contributed by atoms with Gasteiger partial charge in [-0.2, -0.15) is 0 Å². The van der Waals surface area contributed by atoms with Crippen LogP contribution in [0, 0.1) is 5.82 Å². The number of benzene rings is 1. The molecule has 0 saturated heterocycles. The van der Waals surface area contributed by atoms with Crippen molar-refractivity contribution in [1.29, 1.82) is 0 Å². The smallest absolute Gasteiger partial charge is 0.170 e. The van der Waals surface area contributed by atoms with Crippen LogP contribution in [0.15, 0.2) is 18.2 Å². The normalized spacial score (nSPS) is 14.6. The van der Waals surface area contributed by atoms with Crippen molar-refractivity contribution in [2.24, 2.45) is 0 Å². The lowest BCUT2D eigenvalue weighted by Crippen LogP contribution is -2.19. The van der Waals surface area contributed by atoms with E-state index in [0.717, 1.165) is 6.42 Å². The number of aliphatic hydroxyl groups excluding tert-OH is 2. The Labute approximate surface area is 94.5 Å². The highest BCUT2D eigenvalue weighted by Gasteiger charge is 2.22. The Morgan fingerprint density at radius 2 is 2.06 bits per heavy atom. The van der Waals surface area contributed by atoms with Gasteiger partial charge in [-0.05, 0) is 12.5 Å². The van der Waals surface area contributed by atoms with Crippen LogP contribution in [0.25, 0.3) is 0 Å². The van der Waals surface area contributed by atoms with E-state index in [1.807, 2.05) is 6.92 Å². The second-order valence-electron chi connectivity index (χ2n) is 3.66. The maximum absolute atomic E-state index is 13.7. The largest absolute Gasteiger partial charge is 0.494 e. The lowest BCUT2D eigenvalue weighted by atomic mass is 10.0. The van der Waals surface area contributed by atoms with E-state index >= 15 is 0 Å². The summed E-state index contributed by atoms with van der Waals surface area (Å²) < 4.78 is 18.5. The molecule has 0 aliphatic rings. The first kappa shape index (κ1) is 12.9. The van der Waals surface area contributed by atoms with E-state index < -0.39 is 18.0 Å². The zero-order chi connectivity index (χ0) is 12.1. The third-order valence-corrected chi connectivity index (χ3v) is 2.48. The first-order valence-electron chi connectivity index (χ1n) is 5.30. The Kier molecular flexibility index (Phi) is 4.71. The zero-order valence-electron chi connectivity index (χ0n) is 9.48. The molecule has 0 spiro atoms. The van der Waals surface area contributed by atoms with Gasteiger partial charge in [-0.1, -0.05) is 25.5 Å². The minimum absolute atomic E-state index is 0.0697. The molecule has 1 aromatic carbocycles. The maximum Gasteiger partial charge on any atom is 0.170 e. The van der Waals surface area contributed by atoms with Crippen molar-refractivity contribution in [2.45, 2.75) is 32.0 Å². The molecule has 16 heavy (non-hydrogen) atoms. The van der Waals surface area contributed by atoms with E-state index in [9.17, 15) is 14.6 Å². The average Bonchev–Trinajstić information content (AvgIpc) is 2.29. The highest BCUT2D eigenvalue weighted by atomic mass is 19.1. The molecule has 0 aliphatic heterocycles. The molecule has 0 bridgehead atoms. The molecule has 90 valence electrons. The fourth-order valence-electron chi connectivity index (χ4n) is 1.57. The molecule has 2 atom stereocenters. The van der Waals surface area contributed by atoms with Gasteiger partial charge >= 0.3 is 0 Å². The van der Waals surface area contributed by atoms with Crippen LogP contribution in [0.2, 0.25) is 0 Å². The van der Waals surface area contributed by atoms with Crippen LogP contribution in [0.4, 0.5) is 4.39 Å². The van der Waals surface area contributed by atoms with Gasteiger partial charge in [0.05, 0.1) is 13.2 Å². The molecule has 0 fully saturated rings. The standard InChI is InChI=1S/C12H17FO3/c1-3-5-9(14)12(15)8-6-4-7-10(16-2)11(8)13/h4,6-7,9,12,14-15H,3,5H2,1-2H3. The van der Waals surface area contributed by atoms with E-state index in [1.54, 1.807) is 6.07 Å². The molecule has 1 rings (SSSR count). The van der Waals surface area contributed by atoms with E-state index in [4.69, 9.17) is 4.74 Å². The number of aliphatic hydroxyl groups is 2. The number of ether oxygens (including phenoxy) is 1. The first-order chi connectivity index (χ1) is 7.61. The SMILES string of the molecule is CCCC(O)C(O)c1cccc(OC)c1F. The summed E-state index contributed by atoms with van der Waals surface area (Å²) in [7, 11) is 1.36. The molecule has 0 radical (unpaired) electrons. The predicted octanol–water partition coefficient (Wildman–Crippen LogP) is 2.03. The van der Waals surface area contributed by atoms with E-state index in [1.165, 1.54) is 19.2 Å². The van der Waals surface area contributed by atoms with E-state index in [2.05, 4.69) is 0 Å². The summed E-state index contributed by atoms with van der Waals surface area (Å²) in [5.74, 6) is -0.548. The molecule has 0 saturated carbocycles. The van der Waals surface area contributed by atoms with Crippen molar-refractivity contribution >= 4 is 0 Å². The summed E-state index contributed by atoms with van der Waals surface area (Å²) in [4.78, 5) is 0. The van der Waals surface area contributed by atoms with Gasteiger partial charge in [-0.15, -0.1) is 0 Å². The predicted molar refractivity (Wildman–Crippen MR) is 58.8 cm³/mol. The summed E-state index contributed by atoms with van der Waals surface area (Å²) in [6.45, 7) is 1.89. The van der Waals surface area contributed by atoms with Crippen molar-refractivity contribution in [3.63, 3.8) is 0 Å². The zero-order valence-corrected chi connectivity index (χ0v) is 9.48. The number of methoxy groups -OCH3 is 1. The quantitative estimate of drug-likeness (QED) is 0.810. The van der Waals surface area contributed by atoms with Crippen molar-refractivity contribution < 1.29 is 19.3 Å². The van der Waals surface area contributed by atoms with Gasteiger partial charge in [0, 0.05) is 5.56 Å². The third-order valence-electron chi connectivity index (χ3n) is 2.48. The van der Waals surface area contributed by atoms with Gasteiger partial charge in [-0.3, -0.25) is 0 Å². The molecule has 0 heterocycles. The van der Waals surface area contributed by atoms with Gasteiger partial charge in [-0.25, -0.2) is 4.39 Å². The van der Waals surface area contributed by atoms with Gasteiger partial charge in [0.15, 0.2) is 11.6 Å². The molecule has 1 aromatic rings. The first-order valence-corrected chi connectivity index (χ1v) is 5.30. The van der Waals surface area contributed by atoms with Crippen LogP contribution >= 0.6 is 0 Å². The van der Waals surface area contributed by atoms with Crippen LogP contribution in [0.1, 0.15) is 31.4 Å². The van der Waals surface area contributed by atoms with Crippen molar-refractivity contribution in [2.75, 3.05) is 7.11 Å². The van der Waals surface area contributed by atoms with Gasteiger partial charge < -0.3 is 14.9 Å². The van der Waals surface area contributed by atoms with Gasteiger partial charge in [0.25, 0.3) is 0 Å². The molecule has 0 aromatic heterocycles. The molecule has 2 unspecified atom stereocenters. The Morgan fingerprint density at radius 1 is 1.38 bits per heavy atom. The Hall–Kier alpha value is -1.13. The van der Waals surface area contributed by atoms with Crippen LogP contribution in [-0.2, 0) is 0 Å². The number of halogens is 1. The Morgan fingerprint density at radius 3 is 2.62 bits per heavy atom. The molecular weight excluding hydrogens is 211 g/mol. The third kappa shape index (κ3) is 2.71. The molecule has 0 aliphatic carbocycles. The van der Waals surface area contributed by atoms with Crippen LogP contribution in [0.5, 0.6) is 5.75 Å². The maximum atomic E-state index is 13.7. The molecular formula is C12H17FO3. The molecule has 4 heteroatoms. The number of rotatable bonds is 5. The van der Waals surface area contributed by atoms with Crippen molar-refractivity contribution in [3.05, 3.63) is 29.6 Å². The summed E-state index contributed by atoms with van der Waals surface area (Å²) in [6.07, 6.45) is -1.01. The lowest BCUT2D eigenvalue weighted by Gasteiger charge is -2.18. The topological polar surface area (TPSA) is 49.7 Å². The van der Waals surface area contributed by atoms with E-state index in [0.29, 0.717) is 6.42 Å². The highest BCUT2D eigenvalue weighted by Crippen LogP contribution is 2.27. The summed E-state index contributed by atoms with van der Waals surface area (Å²) >= 11 is 0. The van der Waals surface area contributed by atoms with Crippen LogP contribution < -0.4 is 4.74 Å². The van der Waals surface area contributed by atoms with Crippen LogP contribution in [0.3, 0.4) is 0 Å². The fraction of sp³-hybridized carbons (Fsp3) is 0.500. The highest BCUT2D eigenvalue weighted by molar-refractivity contribution is 5.32. The monoisotopic (exact) mass is 228 g/mol. The number of hydrogen-bond donors (Lipinski definition) is 2. The Bertz CT molecular complexity index is 341. The number of hydrogen-bond acceptors (Lipinski definition) is 3.